The van der Waals surface area contributed by atoms with Crippen LogP contribution in [0.3, 0.4) is 0 Å². The normalized spacial score (nSPS) is 21.7. The van der Waals surface area contributed by atoms with Gasteiger partial charge in [0.15, 0.2) is 0 Å². The van der Waals surface area contributed by atoms with Crippen molar-refractivity contribution in [3.63, 3.8) is 0 Å². The van der Waals surface area contributed by atoms with Crippen molar-refractivity contribution in [3.05, 3.63) is 100 Å². The van der Waals surface area contributed by atoms with Crippen LogP contribution in [-0.2, 0) is 29.0 Å². The maximum Gasteiger partial charge on any atom is 0.239 e. The predicted molar refractivity (Wildman–Crippen MR) is 179 cm³/mol. The highest BCUT2D eigenvalue weighted by atomic mass is 35.5. The summed E-state index contributed by atoms with van der Waals surface area (Å²) in [6.45, 7) is 8.66. The minimum absolute atomic E-state index is 0.0817. The van der Waals surface area contributed by atoms with Crippen molar-refractivity contribution in [1.29, 1.82) is 0 Å². The van der Waals surface area contributed by atoms with E-state index in [0.29, 0.717) is 37.5 Å². The number of aromatic nitrogens is 1. The average Bonchev–Trinajstić information content (AvgIpc) is 3.33. The van der Waals surface area contributed by atoms with Gasteiger partial charge in [-0.15, -0.1) is 0 Å². The number of hydrogen-bond acceptors (Lipinski definition) is 7. The van der Waals surface area contributed by atoms with Gasteiger partial charge in [-0.05, 0) is 68.0 Å². The van der Waals surface area contributed by atoms with E-state index in [-0.39, 0.29) is 24.8 Å². The zero-order chi connectivity index (χ0) is 32.8. The third-order valence-electron chi connectivity index (χ3n) is 8.79. The van der Waals surface area contributed by atoms with Crippen LogP contribution < -0.4 is 10.6 Å². The number of β-amino-alcohol motifs (C(OH)–C–C–N with tert-alkyl or cyclic N) is 1. The van der Waals surface area contributed by atoms with Crippen molar-refractivity contribution < 1.29 is 19.8 Å². The standard InChI is InChI=1S/C36H46ClN5O4/c1-36(2,3)40-35(46)31-23-41(21-25-11-8-14-38-20-25)15-16-42(31)22-27(43)18-26(17-24-9-5-4-6-10-24)34(45)39-33-28-12-7-13-30(37)29(28)19-32(33)44/h4-14,20,26-27,31-33,43-44H,15-19,21-23H2,1-3H3,(H,39,45)(H,40,46)/t26-,27+,31+,32-,33+/m1/s1. The Kier molecular flexibility index (Phi) is 11.1. The van der Waals surface area contributed by atoms with Gasteiger partial charge in [0, 0.05) is 68.0 Å². The molecule has 2 amide bonds. The highest BCUT2D eigenvalue weighted by molar-refractivity contribution is 6.31. The van der Waals surface area contributed by atoms with E-state index in [9.17, 15) is 19.8 Å². The molecule has 0 radical (unpaired) electrons. The van der Waals surface area contributed by atoms with E-state index in [1.54, 1.807) is 12.3 Å². The summed E-state index contributed by atoms with van der Waals surface area (Å²) < 4.78 is 0. The number of amides is 2. The van der Waals surface area contributed by atoms with Crippen LogP contribution in [0.5, 0.6) is 0 Å². The lowest BCUT2D eigenvalue weighted by atomic mass is 9.91. The first-order chi connectivity index (χ1) is 22.0. The molecule has 0 saturated carbocycles. The third-order valence-corrected chi connectivity index (χ3v) is 9.14. The fourth-order valence-electron chi connectivity index (χ4n) is 6.61. The van der Waals surface area contributed by atoms with Gasteiger partial charge in [-0.2, -0.15) is 0 Å². The number of piperazine rings is 1. The van der Waals surface area contributed by atoms with Crippen molar-refractivity contribution >= 4 is 23.4 Å². The Morgan fingerprint density at radius 2 is 1.80 bits per heavy atom. The highest BCUT2D eigenvalue weighted by Crippen LogP contribution is 2.36. The summed E-state index contributed by atoms with van der Waals surface area (Å²) in [6, 6.07) is 18.2. The van der Waals surface area contributed by atoms with Gasteiger partial charge in [-0.1, -0.05) is 60.1 Å². The molecule has 1 aliphatic heterocycles. The molecule has 1 saturated heterocycles. The number of hydrogen-bond donors (Lipinski definition) is 4. The lowest BCUT2D eigenvalue weighted by Crippen LogP contribution is -2.61. The van der Waals surface area contributed by atoms with E-state index < -0.39 is 35.7 Å². The topological polar surface area (TPSA) is 118 Å². The Morgan fingerprint density at radius 3 is 2.52 bits per heavy atom. The summed E-state index contributed by atoms with van der Waals surface area (Å²) in [5.41, 5.74) is 3.34. The van der Waals surface area contributed by atoms with Gasteiger partial charge >= 0.3 is 0 Å². The molecular formula is C36H46ClN5O4. The van der Waals surface area contributed by atoms with E-state index in [1.807, 2.05) is 86.5 Å². The summed E-state index contributed by atoms with van der Waals surface area (Å²) in [7, 11) is 0. The maximum atomic E-state index is 13.9. The molecule has 246 valence electrons. The Labute approximate surface area is 277 Å². The second-order valence-electron chi connectivity index (χ2n) is 13.7. The summed E-state index contributed by atoms with van der Waals surface area (Å²) >= 11 is 6.39. The quantitative estimate of drug-likeness (QED) is 0.252. The Bertz CT molecular complexity index is 1470. The van der Waals surface area contributed by atoms with Crippen molar-refractivity contribution in [2.45, 2.75) is 76.4 Å². The van der Waals surface area contributed by atoms with Crippen LogP contribution in [0, 0.1) is 5.92 Å². The largest absolute Gasteiger partial charge is 0.392 e. The molecule has 1 aliphatic carbocycles. The van der Waals surface area contributed by atoms with Gasteiger partial charge in [0.2, 0.25) is 11.8 Å². The Balaban J connectivity index is 1.29. The second-order valence-corrected chi connectivity index (χ2v) is 14.1. The molecule has 5 rings (SSSR count). The maximum absolute atomic E-state index is 13.9. The number of carbonyl (C=O) groups is 2. The molecule has 0 spiro atoms. The molecule has 4 N–H and O–H groups in total. The average molecular weight is 648 g/mol. The van der Waals surface area contributed by atoms with Crippen molar-refractivity contribution in [1.82, 2.24) is 25.4 Å². The second kappa shape index (κ2) is 15.0. The number of nitrogens with zero attached hydrogens (tertiary/aromatic N) is 3. The number of aliphatic hydroxyl groups excluding tert-OH is 2. The lowest BCUT2D eigenvalue weighted by Gasteiger charge is -2.42. The number of benzene rings is 2. The molecule has 1 fully saturated rings. The predicted octanol–water partition coefficient (Wildman–Crippen LogP) is 3.52. The molecular weight excluding hydrogens is 602 g/mol. The number of rotatable bonds is 11. The van der Waals surface area contributed by atoms with E-state index in [2.05, 4.69) is 20.5 Å². The fourth-order valence-corrected chi connectivity index (χ4v) is 6.87. The molecule has 1 aromatic heterocycles. The van der Waals surface area contributed by atoms with Crippen molar-refractivity contribution in [3.8, 4) is 0 Å². The van der Waals surface area contributed by atoms with Crippen LogP contribution in [0.4, 0.5) is 0 Å². The van der Waals surface area contributed by atoms with E-state index in [1.165, 1.54) is 0 Å². The van der Waals surface area contributed by atoms with Gasteiger partial charge in [0.1, 0.15) is 6.04 Å². The first-order valence-corrected chi connectivity index (χ1v) is 16.5. The first kappa shape index (κ1) is 34.0. The zero-order valence-corrected chi connectivity index (χ0v) is 27.7. The number of nitrogens with one attached hydrogen (secondary N) is 2. The van der Waals surface area contributed by atoms with Gasteiger partial charge < -0.3 is 20.8 Å². The fraction of sp³-hybridized carbons (Fsp3) is 0.472. The smallest absolute Gasteiger partial charge is 0.239 e. The molecule has 2 heterocycles. The number of carbonyl (C=O) groups excluding carboxylic acids is 2. The molecule has 2 aliphatic rings. The van der Waals surface area contributed by atoms with Gasteiger partial charge in [0.25, 0.3) is 0 Å². The highest BCUT2D eigenvalue weighted by Gasteiger charge is 2.37. The monoisotopic (exact) mass is 647 g/mol. The van der Waals surface area contributed by atoms with Crippen molar-refractivity contribution in [2.24, 2.45) is 5.92 Å². The third kappa shape index (κ3) is 8.92. The number of aliphatic hydroxyl groups is 2. The van der Waals surface area contributed by atoms with Crippen LogP contribution in [0.15, 0.2) is 73.1 Å². The van der Waals surface area contributed by atoms with Crippen molar-refractivity contribution in [2.75, 3.05) is 26.2 Å². The molecule has 3 aromatic rings. The van der Waals surface area contributed by atoms with Crippen LogP contribution in [0.2, 0.25) is 5.02 Å². The van der Waals surface area contributed by atoms with Crippen LogP contribution in [-0.4, -0.2) is 86.8 Å². The molecule has 9 nitrogen and oxygen atoms in total. The van der Waals surface area contributed by atoms with Gasteiger partial charge in [-0.3, -0.25) is 24.4 Å². The summed E-state index contributed by atoms with van der Waals surface area (Å²) in [4.78, 5) is 35.9. The molecule has 0 bridgehead atoms. The zero-order valence-electron chi connectivity index (χ0n) is 26.9. The van der Waals surface area contributed by atoms with Crippen LogP contribution in [0.25, 0.3) is 0 Å². The molecule has 0 unspecified atom stereocenters. The number of halogens is 1. The lowest BCUT2D eigenvalue weighted by molar-refractivity contribution is -0.132. The van der Waals surface area contributed by atoms with Gasteiger partial charge in [0.05, 0.1) is 18.2 Å². The minimum atomic E-state index is -0.857. The first-order valence-electron chi connectivity index (χ1n) is 16.1. The number of fused-ring (bicyclic) bond motifs is 1. The summed E-state index contributed by atoms with van der Waals surface area (Å²) in [5, 5.41) is 29.1. The van der Waals surface area contributed by atoms with Gasteiger partial charge in [-0.25, -0.2) is 0 Å². The Morgan fingerprint density at radius 1 is 1.04 bits per heavy atom. The molecule has 10 heteroatoms. The number of pyridine rings is 1. The Hall–Kier alpha value is -3.34. The van der Waals surface area contributed by atoms with Crippen LogP contribution >= 0.6 is 11.6 Å². The van der Waals surface area contributed by atoms with E-state index in [0.717, 1.165) is 28.8 Å². The van der Waals surface area contributed by atoms with Crippen LogP contribution in [0.1, 0.15) is 55.5 Å². The molecule has 5 atom stereocenters. The molecule has 46 heavy (non-hydrogen) atoms. The summed E-state index contributed by atoms with van der Waals surface area (Å²) in [6.07, 6.45) is 2.96. The van der Waals surface area contributed by atoms with E-state index in [4.69, 9.17) is 11.6 Å². The van der Waals surface area contributed by atoms with E-state index >= 15 is 0 Å². The summed E-state index contributed by atoms with van der Waals surface area (Å²) in [5.74, 6) is -0.869. The SMILES string of the molecule is CC(C)(C)NC(=O)[C@@H]1CN(Cc2cccnc2)CCN1C[C@@H](O)C[C@@H](Cc1ccccc1)C(=O)N[C@H]1c2cccc(Cl)c2C[C@H]1O. The minimum Gasteiger partial charge on any atom is -0.392 e. The molecule has 2 aromatic carbocycles.